The molecule has 2 nitrogen and oxygen atoms in total. The molecule has 0 amide bonds. The summed E-state index contributed by atoms with van der Waals surface area (Å²) in [7, 11) is 0. The molecule has 1 heterocycles. The summed E-state index contributed by atoms with van der Waals surface area (Å²) >= 11 is 5.24. The average molecular weight is 204 g/mol. The number of benzene rings is 1. The molecule has 0 aliphatic rings. The Bertz CT molecular complexity index is 514. The van der Waals surface area contributed by atoms with Gasteiger partial charge < -0.3 is 4.98 Å². The van der Waals surface area contributed by atoms with E-state index in [0.717, 1.165) is 21.4 Å². The summed E-state index contributed by atoms with van der Waals surface area (Å²) in [5.74, 6) is 0.364. The van der Waals surface area contributed by atoms with E-state index in [9.17, 15) is 0 Å². The van der Waals surface area contributed by atoms with Crippen LogP contribution in [0.15, 0.2) is 24.3 Å². The second-order valence-corrected chi connectivity index (χ2v) is 4.03. The van der Waals surface area contributed by atoms with Gasteiger partial charge in [0.15, 0.2) is 0 Å². The van der Waals surface area contributed by atoms with Gasteiger partial charge in [-0.1, -0.05) is 38.2 Å². The summed E-state index contributed by atoms with van der Waals surface area (Å²) in [6.45, 7) is 4.20. The van der Waals surface area contributed by atoms with Crippen molar-refractivity contribution < 1.29 is 0 Å². The normalized spacial score (nSPS) is 11.1. The lowest BCUT2D eigenvalue weighted by atomic mass is 10.1. The number of para-hydroxylation sites is 2. The molecule has 2 rings (SSSR count). The standard InChI is InChI=1S/C11H12N2S/c1-7(2)10-11(14)13-9-6-4-3-5-8(9)12-10/h3-7H,1-2H3,(H,13,14). The second kappa shape index (κ2) is 3.50. The highest BCUT2D eigenvalue weighted by atomic mass is 32.1. The molecule has 0 bridgehead atoms. The minimum absolute atomic E-state index is 0.364. The molecule has 14 heavy (non-hydrogen) atoms. The average Bonchev–Trinajstić information content (AvgIpc) is 2.16. The van der Waals surface area contributed by atoms with Crippen LogP contribution in [0.4, 0.5) is 0 Å². The predicted octanol–water partition coefficient (Wildman–Crippen LogP) is 3.42. The van der Waals surface area contributed by atoms with Gasteiger partial charge in [-0.2, -0.15) is 0 Å². The number of nitrogens with zero attached hydrogens (tertiary/aromatic N) is 1. The Morgan fingerprint density at radius 2 is 2.00 bits per heavy atom. The van der Waals surface area contributed by atoms with Gasteiger partial charge in [0, 0.05) is 0 Å². The number of fused-ring (bicyclic) bond motifs is 1. The number of aromatic nitrogens is 2. The molecule has 0 saturated heterocycles. The Kier molecular flexibility index (Phi) is 2.33. The number of nitrogens with one attached hydrogen (secondary N) is 1. The third kappa shape index (κ3) is 1.55. The SMILES string of the molecule is CC(C)c1nc2ccccc2[nH]c1=S. The summed E-state index contributed by atoms with van der Waals surface area (Å²) < 4.78 is 0.749. The Morgan fingerprint density at radius 1 is 1.29 bits per heavy atom. The number of hydrogen-bond acceptors (Lipinski definition) is 2. The fourth-order valence-corrected chi connectivity index (χ4v) is 1.83. The molecule has 0 spiro atoms. The Labute approximate surface area is 88.0 Å². The van der Waals surface area contributed by atoms with Crippen molar-refractivity contribution in [3.05, 3.63) is 34.6 Å². The third-order valence-electron chi connectivity index (χ3n) is 2.17. The van der Waals surface area contributed by atoms with Gasteiger partial charge in [-0.15, -0.1) is 0 Å². The Morgan fingerprint density at radius 3 is 2.71 bits per heavy atom. The van der Waals surface area contributed by atoms with Crippen LogP contribution < -0.4 is 0 Å². The van der Waals surface area contributed by atoms with Crippen LogP contribution in [0.5, 0.6) is 0 Å². The van der Waals surface area contributed by atoms with Crippen LogP contribution in [0.25, 0.3) is 11.0 Å². The van der Waals surface area contributed by atoms with Crippen molar-refractivity contribution in [2.24, 2.45) is 0 Å². The first-order chi connectivity index (χ1) is 6.68. The summed E-state index contributed by atoms with van der Waals surface area (Å²) in [5, 5.41) is 0. The van der Waals surface area contributed by atoms with Crippen LogP contribution in [-0.4, -0.2) is 9.97 Å². The molecule has 0 aliphatic carbocycles. The van der Waals surface area contributed by atoms with E-state index >= 15 is 0 Å². The maximum atomic E-state index is 5.24. The van der Waals surface area contributed by atoms with Crippen LogP contribution in [-0.2, 0) is 0 Å². The zero-order chi connectivity index (χ0) is 10.1. The maximum absolute atomic E-state index is 5.24. The monoisotopic (exact) mass is 204 g/mol. The number of H-pyrrole nitrogens is 1. The summed E-state index contributed by atoms with van der Waals surface area (Å²) in [4.78, 5) is 7.73. The van der Waals surface area contributed by atoms with Crippen molar-refractivity contribution >= 4 is 23.3 Å². The van der Waals surface area contributed by atoms with Crippen molar-refractivity contribution in [3.8, 4) is 0 Å². The van der Waals surface area contributed by atoms with Gasteiger partial charge in [-0.05, 0) is 18.1 Å². The zero-order valence-corrected chi connectivity index (χ0v) is 9.06. The minimum Gasteiger partial charge on any atom is -0.343 e. The highest BCUT2D eigenvalue weighted by Crippen LogP contribution is 2.16. The highest BCUT2D eigenvalue weighted by molar-refractivity contribution is 7.71. The van der Waals surface area contributed by atoms with E-state index in [4.69, 9.17) is 12.2 Å². The van der Waals surface area contributed by atoms with E-state index in [1.807, 2.05) is 24.3 Å². The van der Waals surface area contributed by atoms with Crippen molar-refractivity contribution in [2.45, 2.75) is 19.8 Å². The first kappa shape index (κ1) is 9.34. The topological polar surface area (TPSA) is 28.7 Å². The molecule has 0 saturated carbocycles. The molecule has 0 fully saturated rings. The van der Waals surface area contributed by atoms with Crippen LogP contribution in [0.1, 0.15) is 25.5 Å². The van der Waals surface area contributed by atoms with Crippen molar-refractivity contribution in [3.63, 3.8) is 0 Å². The zero-order valence-electron chi connectivity index (χ0n) is 8.24. The van der Waals surface area contributed by atoms with Gasteiger partial charge in [0.25, 0.3) is 0 Å². The maximum Gasteiger partial charge on any atom is 0.125 e. The van der Waals surface area contributed by atoms with Crippen LogP contribution in [0.2, 0.25) is 0 Å². The van der Waals surface area contributed by atoms with E-state index in [2.05, 4.69) is 23.8 Å². The summed E-state index contributed by atoms with van der Waals surface area (Å²) in [6.07, 6.45) is 0. The molecular weight excluding hydrogens is 192 g/mol. The van der Waals surface area contributed by atoms with Crippen LogP contribution >= 0.6 is 12.2 Å². The Hall–Kier alpha value is -1.22. The number of hydrogen-bond donors (Lipinski definition) is 1. The highest BCUT2D eigenvalue weighted by Gasteiger charge is 2.04. The minimum atomic E-state index is 0.364. The molecule has 3 heteroatoms. The van der Waals surface area contributed by atoms with Gasteiger partial charge >= 0.3 is 0 Å². The number of rotatable bonds is 1. The molecule has 1 aromatic carbocycles. The third-order valence-corrected chi connectivity index (χ3v) is 2.48. The lowest BCUT2D eigenvalue weighted by molar-refractivity contribution is 0.816. The first-order valence-corrected chi connectivity index (χ1v) is 5.08. The van der Waals surface area contributed by atoms with E-state index in [0.29, 0.717) is 5.92 Å². The van der Waals surface area contributed by atoms with Gasteiger partial charge in [-0.3, -0.25) is 0 Å². The van der Waals surface area contributed by atoms with Gasteiger partial charge in [0.2, 0.25) is 0 Å². The number of aromatic amines is 1. The molecule has 2 aromatic rings. The molecule has 1 N–H and O–H groups in total. The van der Waals surface area contributed by atoms with E-state index in [1.54, 1.807) is 0 Å². The van der Waals surface area contributed by atoms with Crippen LogP contribution in [0, 0.1) is 4.64 Å². The fourth-order valence-electron chi connectivity index (χ4n) is 1.44. The van der Waals surface area contributed by atoms with Crippen molar-refractivity contribution in [1.29, 1.82) is 0 Å². The lowest BCUT2D eigenvalue weighted by Gasteiger charge is -2.05. The molecule has 1 aromatic heterocycles. The van der Waals surface area contributed by atoms with E-state index in [1.165, 1.54) is 0 Å². The summed E-state index contributed by atoms with van der Waals surface area (Å²) in [5.41, 5.74) is 2.95. The smallest absolute Gasteiger partial charge is 0.125 e. The largest absolute Gasteiger partial charge is 0.343 e. The molecule has 0 unspecified atom stereocenters. The first-order valence-electron chi connectivity index (χ1n) is 4.67. The van der Waals surface area contributed by atoms with E-state index in [-0.39, 0.29) is 0 Å². The quantitative estimate of drug-likeness (QED) is 0.721. The van der Waals surface area contributed by atoms with Crippen LogP contribution in [0.3, 0.4) is 0 Å². The molecular formula is C11H12N2S. The van der Waals surface area contributed by atoms with Gasteiger partial charge in [0.1, 0.15) is 4.64 Å². The molecule has 0 aliphatic heterocycles. The van der Waals surface area contributed by atoms with Crippen molar-refractivity contribution in [2.75, 3.05) is 0 Å². The van der Waals surface area contributed by atoms with Gasteiger partial charge in [-0.25, -0.2) is 4.98 Å². The lowest BCUT2D eigenvalue weighted by Crippen LogP contribution is -1.96. The molecule has 72 valence electrons. The second-order valence-electron chi connectivity index (χ2n) is 3.62. The molecule has 0 atom stereocenters. The predicted molar refractivity (Wildman–Crippen MR) is 61.0 cm³/mol. The molecule has 0 radical (unpaired) electrons. The fraction of sp³-hybridized carbons (Fsp3) is 0.273. The Balaban J connectivity index is 2.78. The van der Waals surface area contributed by atoms with E-state index < -0.39 is 0 Å². The van der Waals surface area contributed by atoms with Crippen molar-refractivity contribution in [1.82, 2.24) is 9.97 Å². The van der Waals surface area contributed by atoms with Gasteiger partial charge in [0.05, 0.1) is 16.7 Å². The summed E-state index contributed by atoms with van der Waals surface area (Å²) in [6, 6.07) is 7.94.